The lowest BCUT2D eigenvalue weighted by Crippen LogP contribution is -2.06. The molecule has 0 radical (unpaired) electrons. The fourth-order valence-corrected chi connectivity index (χ4v) is 2.07. The van der Waals surface area contributed by atoms with E-state index in [2.05, 4.69) is 0 Å². The fourth-order valence-electron chi connectivity index (χ4n) is 2.07. The molecule has 0 spiro atoms. The summed E-state index contributed by atoms with van der Waals surface area (Å²) in [6.45, 7) is 2.02. The van der Waals surface area contributed by atoms with Gasteiger partial charge in [0.05, 0.1) is 17.7 Å². The average molecular weight is 308 g/mol. The number of hydrogen-bond acceptors (Lipinski definition) is 2. The van der Waals surface area contributed by atoms with Gasteiger partial charge in [-0.2, -0.15) is 13.2 Å². The van der Waals surface area contributed by atoms with Gasteiger partial charge in [0.25, 0.3) is 0 Å². The van der Waals surface area contributed by atoms with Gasteiger partial charge in [-0.3, -0.25) is 0 Å². The Hall–Kier alpha value is -2.30. The van der Waals surface area contributed by atoms with Gasteiger partial charge in [-0.05, 0) is 42.7 Å². The van der Waals surface area contributed by atoms with Crippen molar-refractivity contribution in [3.05, 3.63) is 70.8 Å². The van der Waals surface area contributed by atoms with Crippen LogP contribution in [0, 0.1) is 0 Å². The normalized spacial score (nSPS) is 11.3. The topological polar surface area (TPSA) is 26.3 Å². The van der Waals surface area contributed by atoms with Crippen LogP contribution in [0.15, 0.2) is 48.5 Å². The van der Waals surface area contributed by atoms with Gasteiger partial charge < -0.3 is 4.74 Å². The van der Waals surface area contributed by atoms with Crippen LogP contribution in [0.3, 0.4) is 0 Å². The molecule has 0 aliphatic carbocycles. The van der Waals surface area contributed by atoms with Gasteiger partial charge in [0, 0.05) is 0 Å². The Labute approximate surface area is 126 Å². The number of hydrogen-bond donors (Lipinski definition) is 0. The molecule has 0 saturated carbocycles. The van der Waals surface area contributed by atoms with Gasteiger partial charge in [-0.1, -0.05) is 30.3 Å². The molecule has 0 unspecified atom stereocenters. The molecule has 0 fully saturated rings. The van der Waals surface area contributed by atoms with E-state index >= 15 is 0 Å². The first-order valence-corrected chi connectivity index (χ1v) is 6.82. The molecular formula is C17H15F3O2. The van der Waals surface area contributed by atoms with Crippen LogP contribution in [0.4, 0.5) is 13.2 Å². The molecule has 2 nitrogen and oxygen atoms in total. The van der Waals surface area contributed by atoms with E-state index in [9.17, 15) is 18.0 Å². The lowest BCUT2D eigenvalue weighted by Gasteiger charge is -2.09. The van der Waals surface area contributed by atoms with Crippen molar-refractivity contribution in [2.24, 2.45) is 0 Å². The molecule has 0 aromatic heterocycles. The van der Waals surface area contributed by atoms with Gasteiger partial charge in [-0.25, -0.2) is 4.79 Å². The Balaban J connectivity index is 2.13. The minimum atomic E-state index is -4.34. The van der Waals surface area contributed by atoms with Crippen molar-refractivity contribution in [1.82, 2.24) is 0 Å². The third kappa shape index (κ3) is 4.10. The molecule has 22 heavy (non-hydrogen) atoms. The first-order valence-electron chi connectivity index (χ1n) is 6.82. The highest BCUT2D eigenvalue weighted by molar-refractivity contribution is 5.89. The minimum absolute atomic E-state index is 0.296. The molecule has 2 rings (SSSR count). The summed E-state index contributed by atoms with van der Waals surface area (Å²) in [6, 6.07) is 11.9. The van der Waals surface area contributed by atoms with Crippen LogP contribution in [0.5, 0.6) is 0 Å². The predicted octanol–water partition coefficient (Wildman–Crippen LogP) is 4.47. The second-order valence-electron chi connectivity index (χ2n) is 4.79. The quantitative estimate of drug-likeness (QED) is 0.779. The molecule has 0 N–H and O–H groups in total. The number of esters is 1. The van der Waals surface area contributed by atoms with Crippen molar-refractivity contribution in [3.63, 3.8) is 0 Å². The van der Waals surface area contributed by atoms with Crippen LogP contribution >= 0.6 is 0 Å². The summed E-state index contributed by atoms with van der Waals surface area (Å²) in [7, 11) is 0. The highest BCUT2D eigenvalue weighted by Gasteiger charge is 2.30. The van der Waals surface area contributed by atoms with Crippen LogP contribution in [-0.4, -0.2) is 12.6 Å². The van der Waals surface area contributed by atoms with Gasteiger partial charge >= 0.3 is 12.1 Å². The Morgan fingerprint density at radius 2 is 1.73 bits per heavy atom. The predicted molar refractivity (Wildman–Crippen MR) is 76.6 cm³/mol. The third-order valence-corrected chi connectivity index (χ3v) is 3.13. The van der Waals surface area contributed by atoms with E-state index in [-0.39, 0.29) is 0 Å². The van der Waals surface area contributed by atoms with Crippen molar-refractivity contribution in [2.75, 3.05) is 6.61 Å². The van der Waals surface area contributed by atoms with E-state index in [0.717, 1.165) is 17.7 Å². The van der Waals surface area contributed by atoms with Crippen LogP contribution in [-0.2, 0) is 17.3 Å². The van der Waals surface area contributed by atoms with Crippen molar-refractivity contribution in [3.8, 4) is 0 Å². The maximum absolute atomic E-state index is 12.7. The summed E-state index contributed by atoms with van der Waals surface area (Å²) < 4.78 is 42.9. The smallest absolute Gasteiger partial charge is 0.416 e. The molecule has 2 aromatic carbocycles. The number of rotatable bonds is 4. The number of carbonyl (C=O) groups is 1. The standard InChI is InChI=1S/C17H15F3O2/c1-2-22-16(21)14-8-6-12(7-9-14)10-13-4-3-5-15(11-13)17(18,19)20/h3-9,11H,2,10H2,1H3. The molecule has 0 amide bonds. The Morgan fingerprint density at radius 3 is 2.32 bits per heavy atom. The molecule has 5 heteroatoms. The molecule has 0 aliphatic rings. The van der Waals surface area contributed by atoms with Crippen molar-refractivity contribution < 1.29 is 22.7 Å². The molecule has 0 saturated heterocycles. The van der Waals surface area contributed by atoms with Crippen molar-refractivity contribution in [1.29, 1.82) is 0 Å². The van der Waals surface area contributed by atoms with Crippen LogP contribution < -0.4 is 0 Å². The highest BCUT2D eigenvalue weighted by atomic mass is 19.4. The number of alkyl halides is 3. The summed E-state index contributed by atoms with van der Waals surface area (Å²) in [6.07, 6.45) is -3.98. The van der Waals surface area contributed by atoms with Crippen molar-refractivity contribution in [2.45, 2.75) is 19.5 Å². The monoisotopic (exact) mass is 308 g/mol. The Morgan fingerprint density at radius 1 is 1.05 bits per heavy atom. The van der Waals surface area contributed by atoms with E-state index in [1.54, 1.807) is 37.3 Å². The van der Waals surface area contributed by atoms with Gasteiger partial charge in [0.1, 0.15) is 0 Å². The first-order chi connectivity index (χ1) is 10.4. The van der Waals surface area contributed by atoms with Crippen LogP contribution in [0.25, 0.3) is 0 Å². The van der Waals surface area contributed by atoms with E-state index in [4.69, 9.17) is 4.74 Å². The van der Waals surface area contributed by atoms with E-state index in [1.165, 1.54) is 6.07 Å². The van der Waals surface area contributed by atoms with Gasteiger partial charge in [-0.15, -0.1) is 0 Å². The van der Waals surface area contributed by atoms with Crippen LogP contribution in [0.1, 0.15) is 34.0 Å². The second-order valence-corrected chi connectivity index (χ2v) is 4.79. The molecular weight excluding hydrogens is 293 g/mol. The summed E-state index contributed by atoms with van der Waals surface area (Å²) in [5.41, 5.74) is 1.16. The van der Waals surface area contributed by atoms with Crippen LogP contribution in [0.2, 0.25) is 0 Å². The van der Waals surface area contributed by atoms with E-state index in [0.29, 0.717) is 24.2 Å². The Kier molecular flexibility index (Phi) is 4.85. The average Bonchev–Trinajstić information content (AvgIpc) is 2.48. The van der Waals surface area contributed by atoms with Gasteiger partial charge in [0.2, 0.25) is 0 Å². The lowest BCUT2D eigenvalue weighted by molar-refractivity contribution is -0.137. The number of benzene rings is 2. The number of carbonyl (C=O) groups excluding carboxylic acids is 1. The Bertz CT molecular complexity index is 646. The zero-order valence-electron chi connectivity index (χ0n) is 12.0. The minimum Gasteiger partial charge on any atom is -0.462 e. The zero-order valence-corrected chi connectivity index (χ0v) is 12.0. The molecule has 0 heterocycles. The lowest BCUT2D eigenvalue weighted by atomic mass is 10.0. The summed E-state index contributed by atoms with van der Waals surface area (Å²) in [5.74, 6) is -0.409. The second kappa shape index (κ2) is 6.64. The SMILES string of the molecule is CCOC(=O)c1ccc(Cc2cccc(C(F)(F)F)c2)cc1. The van der Waals surface area contributed by atoms with E-state index in [1.807, 2.05) is 0 Å². The van der Waals surface area contributed by atoms with E-state index < -0.39 is 17.7 Å². The summed E-state index contributed by atoms with van der Waals surface area (Å²) in [5, 5.41) is 0. The first kappa shape index (κ1) is 16.1. The molecule has 0 bridgehead atoms. The summed E-state index contributed by atoms with van der Waals surface area (Å²) >= 11 is 0. The highest BCUT2D eigenvalue weighted by Crippen LogP contribution is 2.30. The third-order valence-electron chi connectivity index (χ3n) is 3.13. The maximum atomic E-state index is 12.7. The molecule has 116 valence electrons. The fraction of sp³-hybridized carbons (Fsp3) is 0.235. The number of halogens is 3. The summed E-state index contributed by atoms with van der Waals surface area (Å²) in [4.78, 5) is 11.5. The number of ether oxygens (including phenoxy) is 1. The maximum Gasteiger partial charge on any atom is 0.416 e. The largest absolute Gasteiger partial charge is 0.462 e. The molecule has 2 aromatic rings. The van der Waals surface area contributed by atoms with Gasteiger partial charge in [0.15, 0.2) is 0 Å². The molecule has 0 aliphatic heterocycles. The van der Waals surface area contributed by atoms with Crippen molar-refractivity contribution >= 4 is 5.97 Å². The zero-order chi connectivity index (χ0) is 16.2. The molecule has 0 atom stereocenters.